The molecule has 5 nitrogen and oxygen atoms in total. The quantitative estimate of drug-likeness (QED) is 0.546. The van der Waals surface area contributed by atoms with E-state index in [0.29, 0.717) is 11.5 Å². The average Bonchev–Trinajstić information content (AvgIpc) is 3.18. The van der Waals surface area contributed by atoms with Gasteiger partial charge in [-0.25, -0.2) is 9.37 Å². The number of pyridine rings is 1. The average molecular weight is 385 g/mol. The summed E-state index contributed by atoms with van der Waals surface area (Å²) in [7, 11) is 0. The number of halogens is 1. The van der Waals surface area contributed by atoms with Crippen LogP contribution in [0.1, 0.15) is 11.3 Å². The molecule has 0 radical (unpaired) electrons. The van der Waals surface area contributed by atoms with Crippen LogP contribution in [0.5, 0.6) is 0 Å². The lowest BCUT2D eigenvalue weighted by atomic mass is 10.0. The highest BCUT2D eigenvalue weighted by Gasteiger charge is 2.15. The number of nitrogens with one attached hydrogen (secondary N) is 2. The Bertz CT molecular complexity index is 1210. The number of anilines is 1. The van der Waals surface area contributed by atoms with Crippen LogP contribution in [0.4, 0.5) is 10.2 Å². The summed E-state index contributed by atoms with van der Waals surface area (Å²) < 4.78 is 15.2. The minimum Gasteiger partial charge on any atom is -0.340 e. The third-order valence-electron chi connectivity index (χ3n) is 5.25. The van der Waals surface area contributed by atoms with Gasteiger partial charge < -0.3 is 10.6 Å². The van der Waals surface area contributed by atoms with E-state index in [1.165, 1.54) is 17.8 Å². The number of nitrogens with zero attached hydrogens (tertiary/aromatic N) is 3. The van der Waals surface area contributed by atoms with E-state index in [4.69, 9.17) is 0 Å². The molecule has 29 heavy (non-hydrogen) atoms. The van der Waals surface area contributed by atoms with Crippen LogP contribution < -0.4 is 10.6 Å². The van der Waals surface area contributed by atoms with Gasteiger partial charge >= 0.3 is 0 Å². The molecule has 0 amide bonds. The summed E-state index contributed by atoms with van der Waals surface area (Å²) in [6.45, 7) is 6.72. The third kappa shape index (κ3) is 3.39. The van der Waals surface area contributed by atoms with Gasteiger partial charge in [0.15, 0.2) is 0 Å². The lowest BCUT2D eigenvalue weighted by molar-refractivity contribution is 0.476. The molecule has 0 fully saturated rings. The maximum absolute atomic E-state index is 13.1. The van der Waals surface area contributed by atoms with Crippen LogP contribution in [0.25, 0.3) is 27.6 Å². The molecule has 144 valence electrons. The number of rotatable bonds is 4. The van der Waals surface area contributed by atoms with Gasteiger partial charge in [0.2, 0.25) is 0 Å². The summed E-state index contributed by atoms with van der Waals surface area (Å²) >= 11 is 0. The summed E-state index contributed by atoms with van der Waals surface area (Å²) in [5.41, 5.74) is 5.00. The molecule has 0 bridgehead atoms. The molecule has 4 aromatic rings. The topological polar surface area (TPSA) is 54.8 Å². The van der Waals surface area contributed by atoms with Gasteiger partial charge in [-0.15, -0.1) is 0 Å². The van der Waals surface area contributed by atoms with Gasteiger partial charge in [-0.2, -0.15) is 5.10 Å². The fourth-order valence-corrected chi connectivity index (χ4v) is 3.68. The van der Waals surface area contributed by atoms with E-state index >= 15 is 0 Å². The van der Waals surface area contributed by atoms with E-state index in [-0.39, 0.29) is 5.82 Å². The lowest BCUT2D eigenvalue weighted by Crippen LogP contribution is -2.28. The lowest BCUT2D eigenvalue weighted by Gasteiger charge is -2.16. The second-order valence-electron chi connectivity index (χ2n) is 7.15. The first-order valence-electron chi connectivity index (χ1n) is 9.55. The van der Waals surface area contributed by atoms with Crippen LogP contribution in [0.3, 0.4) is 0 Å². The number of hydrogen-bond acceptors (Lipinski definition) is 4. The molecular weight excluding hydrogens is 365 g/mol. The zero-order valence-corrected chi connectivity index (χ0v) is 15.8. The first kappa shape index (κ1) is 17.6. The van der Waals surface area contributed by atoms with Crippen molar-refractivity contribution in [3.63, 3.8) is 0 Å². The van der Waals surface area contributed by atoms with Crippen molar-refractivity contribution in [3.8, 4) is 11.1 Å². The highest BCUT2D eigenvalue weighted by atomic mass is 19.1. The van der Waals surface area contributed by atoms with E-state index < -0.39 is 0 Å². The zero-order valence-electron chi connectivity index (χ0n) is 15.8. The molecule has 0 unspecified atom stereocenters. The number of benzene rings is 2. The van der Waals surface area contributed by atoms with Crippen LogP contribution in [-0.4, -0.2) is 21.3 Å². The Kier molecular flexibility index (Phi) is 4.33. The van der Waals surface area contributed by atoms with Crippen LogP contribution in [0, 0.1) is 5.82 Å². The molecule has 3 heterocycles. The van der Waals surface area contributed by atoms with E-state index in [2.05, 4.69) is 50.2 Å². The third-order valence-corrected chi connectivity index (χ3v) is 5.25. The predicted octanol–water partition coefficient (Wildman–Crippen LogP) is 4.42. The predicted molar refractivity (Wildman–Crippen MR) is 114 cm³/mol. The molecule has 1 aliphatic rings. The van der Waals surface area contributed by atoms with Crippen molar-refractivity contribution >= 4 is 22.3 Å². The molecule has 0 atom stereocenters. The van der Waals surface area contributed by atoms with Crippen molar-refractivity contribution in [2.75, 3.05) is 11.9 Å². The molecule has 2 aromatic heterocycles. The Morgan fingerprint density at radius 2 is 1.93 bits per heavy atom. The Balaban J connectivity index is 1.46. The Hall–Kier alpha value is -3.51. The largest absolute Gasteiger partial charge is 0.340 e. The fraction of sp³-hybridized carbons (Fsp3) is 0.130. The standard InChI is InChI=1S/C23H20FN5/c1-15(16-4-6-20(24)7-5-16)28-23-11-19-10-17(2-3-18(19)12-26-23)21-13-27-29-9-8-25-14-22(21)29/h2-7,10-13,25H,1,8-9,14H2,(H,26,28). The van der Waals surface area contributed by atoms with Gasteiger partial charge in [-0.1, -0.05) is 30.8 Å². The van der Waals surface area contributed by atoms with E-state index in [9.17, 15) is 4.39 Å². The van der Waals surface area contributed by atoms with Crippen molar-refractivity contribution in [1.82, 2.24) is 20.1 Å². The smallest absolute Gasteiger partial charge is 0.130 e. The van der Waals surface area contributed by atoms with Gasteiger partial charge in [-0.05, 0) is 40.8 Å². The highest BCUT2D eigenvalue weighted by molar-refractivity contribution is 5.89. The van der Waals surface area contributed by atoms with Crippen LogP contribution in [-0.2, 0) is 13.1 Å². The monoisotopic (exact) mass is 385 g/mol. The number of aromatic nitrogens is 3. The van der Waals surface area contributed by atoms with Crippen molar-refractivity contribution in [2.24, 2.45) is 0 Å². The molecule has 2 N–H and O–H groups in total. The molecular formula is C23H20FN5. The van der Waals surface area contributed by atoms with Crippen molar-refractivity contribution in [1.29, 1.82) is 0 Å². The number of hydrogen-bond donors (Lipinski definition) is 2. The van der Waals surface area contributed by atoms with Gasteiger partial charge in [0, 0.05) is 35.9 Å². The molecule has 2 aromatic carbocycles. The normalized spacial score (nSPS) is 13.3. The minimum atomic E-state index is -0.268. The van der Waals surface area contributed by atoms with Gasteiger partial charge in [0.25, 0.3) is 0 Å². The van der Waals surface area contributed by atoms with Crippen LogP contribution >= 0.6 is 0 Å². The second-order valence-corrected chi connectivity index (χ2v) is 7.15. The van der Waals surface area contributed by atoms with E-state index in [1.54, 1.807) is 12.1 Å². The van der Waals surface area contributed by atoms with Gasteiger partial charge in [-0.3, -0.25) is 4.68 Å². The fourth-order valence-electron chi connectivity index (χ4n) is 3.68. The molecule has 6 heteroatoms. The van der Waals surface area contributed by atoms with Crippen molar-refractivity contribution in [3.05, 3.63) is 84.6 Å². The Morgan fingerprint density at radius 3 is 2.79 bits per heavy atom. The molecule has 0 saturated carbocycles. The van der Waals surface area contributed by atoms with Crippen molar-refractivity contribution < 1.29 is 4.39 Å². The summed E-state index contributed by atoms with van der Waals surface area (Å²) in [5, 5.41) is 13.3. The second kappa shape index (κ2) is 7.14. The Labute approximate surface area is 167 Å². The molecule has 0 spiro atoms. The SMILES string of the molecule is C=C(Nc1cc2cc(-c3cnn4c3CNCC4)ccc2cn1)c1ccc(F)cc1. The summed E-state index contributed by atoms with van der Waals surface area (Å²) in [6, 6.07) is 14.6. The molecule has 1 aliphatic heterocycles. The highest BCUT2D eigenvalue weighted by Crippen LogP contribution is 2.29. The van der Waals surface area contributed by atoms with Gasteiger partial charge in [0.1, 0.15) is 11.6 Å². The van der Waals surface area contributed by atoms with Gasteiger partial charge in [0.05, 0.1) is 18.4 Å². The maximum atomic E-state index is 13.1. The molecule has 5 rings (SSSR count). The van der Waals surface area contributed by atoms with E-state index in [0.717, 1.165) is 47.1 Å². The summed E-state index contributed by atoms with van der Waals surface area (Å²) in [5.74, 6) is 0.429. The maximum Gasteiger partial charge on any atom is 0.130 e. The minimum absolute atomic E-state index is 0.268. The van der Waals surface area contributed by atoms with Crippen LogP contribution in [0.2, 0.25) is 0 Å². The van der Waals surface area contributed by atoms with Crippen LogP contribution in [0.15, 0.2) is 67.5 Å². The first-order valence-corrected chi connectivity index (χ1v) is 9.55. The summed E-state index contributed by atoms with van der Waals surface area (Å²) in [6.07, 6.45) is 3.79. The first-order chi connectivity index (χ1) is 14.2. The Morgan fingerprint density at radius 1 is 1.07 bits per heavy atom. The zero-order chi connectivity index (χ0) is 19.8. The molecule has 0 aliphatic carbocycles. The summed E-state index contributed by atoms with van der Waals surface area (Å²) in [4.78, 5) is 4.48. The number of fused-ring (bicyclic) bond motifs is 2. The van der Waals surface area contributed by atoms with E-state index in [1.807, 2.05) is 18.5 Å². The molecule has 0 saturated heterocycles. The van der Waals surface area contributed by atoms with Crippen molar-refractivity contribution in [2.45, 2.75) is 13.1 Å².